The fraction of sp³-hybridized carbons (Fsp3) is 0.800. The molecule has 2 rings (SSSR count). The maximum Gasteiger partial charge on any atom is 0.0644 e. The molecule has 4 heteroatoms. The van der Waals surface area contributed by atoms with Crippen molar-refractivity contribution in [3.8, 4) is 0 Å². The van der Waals surface area contributed by atoms with Gasteiger partial charge in [-0.1, -0.05) is 13.8 Å². The monoisotopic (exact) mass is 265 g/mol. The summed E-state index contributed by atoms with van der Waals surface area (Å²) in [5.41, 5.74) is 4.19. The van der Waals surface area contributed by atoms with E-state index in [1.807, 2.05) is 4.68 Å². The third-order valence-corrected chi connectivity index (χ3v) is 5.23. The van der Waals surface area contributed by atoms with Gasteiger partial charge in [0.05, 0.1) is 18.8 Å². The highest BCUT2D eigenvalue weighted by Gasteiger charge is 2.52. The SMILES string of the molecule is Cc1nn(CCO)c(C)c1CN1CC(C)(C)C1(C)C. The Balaban J connectivity index is 2.17. The van der Waals surface area contributed by atoms with Gasteiger partial charge in [-0.15, -0.1) is 0 Å². The molecule has 0 atom stereocenters. The molecule has 0 amide bonds. The van der Waals surface area contributed by atoms with Gasteiger partial charge in [0.15, 0.2) is 0 Å². The van der Waals surface area contributed by atoms with E-state index in [2.05, 4.69) is 51.5 Å². The molecule has 4 nitrogen and oxygen atoms in total. The minimum absolute atomic E-state index is 0.142. The van der Waals surface area contributed by atoms with Crippen molar-refractivity contribution in [1.29, 1.82) is 0 Å². The van der Waals surface area contributed by atoms with Gasteiger partial charge < -0.3 is 5.11 Å². The van der Waals surface area contributed by atoms with Crippen LogP contribution in [-0.4, -0.2) is 38.5 Å². The first-order chi connectivity index (χ1) is 8.70. The van der Waals surface area contributed by atoms with Gasteiger partial charge in [0.25, 0.3) is 0 Å². The minimum atomic E-state index is 0.142. The molecule has 0 aliphatic carbocycles. The Hall–Kier alpha value is -0.870. The van der Waals surface area contributed by atoms with Crippen LogP contribution in [0.15, 0.2) is 0 Å². The van der Waals surface area contributed by atoms with E-state index in [4.69, 9.17) is 5.11 Å². The van der Waals surface area contributed by atoms with E-state index < -0.39 is 0 Å². The lowest BCUT2D eigenvalue weighted by molar-refractivity contribution is -0.122. The molecular weight excluding hydrogens is 238 g/mol. The van der Waals surface area contributed by atoms with E-state index in [9.17, 15) is 0 Å². The normalized spacial score (nSPS) is 21.4. The summed E-state index contributed by atoms with van der Waals surface area (Å²) < 4.78 is 1.92. The number of likely N-dealkylation sites (tertiary alicyclic amines) is 1. The number of aromatic nitrogens is 2. The van der Waals surface area contributed by atoms with E-state index in [-0.39, 0.29) is 12.1 Å². The second-order valence-electron chi connectivity index (χ2n) is 6.90. The number of hydrogen-bond donors (Lipinski definition) is 1. The summed E-state index contributed by atoms with van der Waals surface area (Å²) in [4.78, 5) is 2.52. The summed E-state index contributed by atoms with van der Waals surface area (Å²) in [7, 11) is 0. The maximum atomic E-state index is 9.06. The van der Waals surface area contributed by atoms with E-state index in [1.54, 1.807) is 0 Å². The zero-order valence-electron chi connectivity index (χ0n) is 13.1. The van der Waals surface area contributed by atoms with Crippen LogP contribution in [0.1, 0.15) is 44.6 Å². The largest absolute Gasteiger partial charge is 0.394 e. The number of aliphatic hydroxyl groups excluding tert-OH is 1. The molecule has 1 N–H and O–H groups in total. The van der Waals surface area contributed by atoms with Gasteiger partial charge in [-0.2, -0.15) is 5.10 Å². The fourth-order valence-electron chi connectivity index (χ4n) is 2.92. The Labute approximate surface area is 116 Å². The molecule has 1 aromatic rings. The molecule has 1 fully saturated rings. The Morgan fingerprint density at radius 1 is 1.21 bits per heavy atom. The summed E-state index contributed by atoms with van der Waals surface area (Å²) >= 11 is 0. The van der Waals surface area contributed by atoms with E-state index in [1.165, 1.54) is 11.3 Å². The third kappa shape index (κ3) is 2.21. The molecule has 1 aliphatic heterocycles. The Bertz CT molecular complexity index is 474. The van der Waals surface area contributed by atoms with Crippen LogP contribution in [0.2, 0.25) is 0 Å². The van der Waals surface area contributed by atoms with Crippen molar-refractivity contribution >= 4 is 0 Å². The zero-order chi connectivity index (χ0) is 14.4. The predicted octanol–water partition coefficient (Wildman–Crippen LogP) is 2.11. The molecular formula is C15H27N3O. The smallest absolute Gasteiger partial charge is 0.0644 e. The highest BCUT2D eigenvalue weighted by Crippen LogP contribution is 2.47. The first kappa shape index (κ1) is 14.5. The molecule has 19 heavy (non-hydrogen) atoms. The van der Waals surface area contributed by atoms with Crippen molar-refractivity contribution in [2.24, 2.45) is 5.41 Å². The van der Waals surface area contributed by atoms with Crippen LogP contribution in [0.4, 0.5) is 0 Å². The van der Waals surface area contributed by atoms with Gasteiger partial charge in [-0.05, 0) is 33.1 Å². The maximum absolute atomic E-state index is 9.06. The van der Waals surface area contributed by atoms with Crippen LogP contribution in [-0.2, 0) is 13.1 Å². The number of aryl methyl sites for hydroxylation is 1. The molecule has 0 aromatic carbocycles. The van der Waals surface area contributed by atoms with Crippen molar-refractivity contribution < 1.29 is 5.11 Å². The molecule has 1 aliphatic rings. The minimum Gasteiger partial charge on any atom is -0.394 e. The molecule has 2 heterocycles. The number of hydrogen-bond acceptors (Lipinski definition) is 3. The highest BCUT2D eigenvalue weighted by atomic mass is 16.3. The quantitative estimate of drug-likeness (QED) is 0.906. The number of nitrogens with zero attached hydrogens (tertiary/aromatic N) is 3. The predicted molar refractivity (Wildman–Crippen MR) is 77.1 cm³/mol. The van der Waals surface area contributed by atoms with E-state index in [0.717, 1.165) is 18.8 Å². The number of aliphatic hydroxyl groups is 1. The van der Waals surface area contributed by atoms with Gasteiger partial charge in [-0.25, -0.2) is 0 Å². The summed E-state index contributed by atoms with van der Waals surface area (Å²) in [6, 6.07) is 0. The Morgan fingerprint density at radius 3 is 2.32 bits per heavy atom. The molecule has 1 saturated heterocycles. The van der Waals surface area contributed by atoms with Crippen LogP contribution in [0.25, 0.3) is 0 Å². The van der Waals surface area contributed by atoms with Crippen LogP contribution in [0.5, 0.6) is 0 Å². The molecule has 108 valence electrons. The third-order valence-electron chi connectivity index (χ3n) is 5.23. The molecule has 0 radical (unpaired) electrons. The standard InChI is InChI=1S/C15H27N3O/c1-11-13(12(2)18(16-11)7-8-19)9-17-10-14(3,4)15(17,5)6/h19H,7-10H2,1-6H3. The first-order valence-electron chi connectivity index (χ1n) is 7.09. The van der Waals surface area contributed by atoms with Crippen LogP contribution in [0, 0.1) is 19.3 Å². The average Bonchev–Trinajstić information content (AvgIpc) is 2.56. The zero-order valence-corrected chi connectivity index (χ0v) is 13.1. The van der Waals surface area contributed by atoms with Crippen molar-refractivity contribution in [1.82, 2.24) is 14.7 Å². The van der Waals surface area contributed by atoms with Gasteiger partial charge >= 0.3 is 0 Å². The van der Waals surface area contributed by atoms with Crippen molar-refractivity contribution in [2.45, 2.75) is 60.2 Å². The van der Waals surface area contributed by atoms with Crippen LogP contribution in [0.3, 0.4) is 0 Å². The Morgan fingerprint density at radius 2 is 1.84 bits per heavy atom. The average molecular weight is 265 g/mol. The number of rotatable bonds is 4. The van der Waals surface area contributed by atoms with Gasteiger partial charge in [0, 0.05) is 29.9 Å². The fourth-order valence-corrected chi connectivity index (χ4v) is 2.92. The molecule has 0 spiro atoms. The molecule has 0 bridgehead atoms. The first-order valence-corrected chi connectivity index (χ1v) is 7.09. The summed E-state index contributed by atoms with van der Waals surface area (Å²) in [6.45, 7) is 16.3. The van der Waals surface area contributed by atoms with E-state index >= 15 is 0 Å². The molecule has 0 saturated carbocycles. The van der Waals surface area contributed by atoms with Crippen LogP contribution >= 0.6 is 0 Å². The van der Waals surface area contributed by atoms with Crippen molar-refractivity contribution in [3.05, 3.63) is 17.0 Å². The van der Waals surface area contributed by atoms with Crippen LogP contribution < -0.4 is 0 Å². The second-order valence-corrected chi connectivity index (χ2v) is 6.90. The lowest BCUT2D eigenvalue weighted by atomic mass is 9.65. The summed E-state index contributed by atoms with van der Waals surface area (Å²) in [6.07, 6.45) is 0. The van der Waals surface area contributed by atoms with Gasteiger partial charge in [-0.3, -0.25) is 9.58 Å². The van der Waals surface area contributed by atoms with Gasteiger partial charge in [0.2, 0.25) is 0 Å². The topological polar surface area (TPSA) is 41.3 Å². The van der Waals surface area contributed by atoms with Gasteiger partial charge in [0.1, 0.15) is 0 Å². The summed E-state index contributed by atoms with van der Waals surface area (Å²) in [5.74, 6) is 0. The summed E-state index contributed by atoms with van der Waals surface area (Å²) in [5, 5.41) is 13.6. The molecule has 1 aromatic heterocycles. The highest BCUT2D eigenvalue weighted by molar-refractivity contribution is 5.26. The molecule has 0 unspecified atom stereocenters. The lowest BCUT2D eigenvalue weighted by Crippen LogP contribution is -2.68. The van der Waals surface area contributed by atoms with Crippen molar-refractivity contribution in [2.75, 3.05) is 13.2 Å². The second kappa shape index (κ2) is 4.60. The van der Waals surface area contributed by atoms with Crippen molar-refractivity contribution in [3.63, 3.8) is 0 Å². The van der Waals surface area contributed by atoms with E-state index in [0.29, 0.717) is 12.0 Å². The Kier molecular flexibility index (Phi) is 3.52. The lowest BCUT2D eigenvalue weighted by Gasteiger charge is -2.61.